The fraction of sp³-hybridized carbons (Fsp3) is 0.429. The number of anilines is 1. The quantitative estimate of drug-likeness (QED) is 0.327. The third-order valence-corrected chi connectivity index (χ3v) is 6.24. The van der Waals surface area contributed by atoms with Gasteiger partial charge < -0.3 is 25.7 Å². The lowest BCUT2D eigenvalue weighted by Gasteiger charge is -2.44. The van der Waals surface area contributed by atoms with E-state index in [9.17, 15) is 34.7 Å². The van der Waals surface area contributed by atoms with Crippen LogP contribution in [0.15, 0.2) is 30.5 Å². The molecule has 4 rings (SSSR count). The number of carbonyl (C=O) groups excluding carboxylic acids is 3. The number of nitro groups is 1. The first-order valence-corrected chi connectivity index (χ1v) is 10.6. The number of carbonyl (C=O) groups is 3. The molecule has 0 unspecified atom stereocenters. The minimum Gasteiger partial charge on any atom is -0.380 e. The standard InChI is InChI=1S/C21H24N6O7/c1-25-11-12-10-21(23-18(30)15(12)24-25)6-8-26(9-7-21)20(32)17(29)16(28)19(31)22-13-4-2-3-5-14(13)27(33)34/h2-5,11,16-17,28-29H,6-10H2,1H3,(H,22,31)(H,23,30)/t16-,17-/m0/s1. The zero-order chi connectivity index (χ0) is 24.6. The Labute approximate surface area is 193 Å². The number of nitrogens with one attached hydrogen (secondary N) is 2. The number of aromatic nitrogens is 2. The molecule has 3 amide bonds. The number of rotatable bonds is 5. The Hall–Kier alpha value is -3.84. The number of fused-ring (bicyclic) bond motifs is 1. The zero-order valence-corrected chi connectivity index (χ0v) is 18.3. The summed E-state index contributed by atoms with van der Waals surface area (Å²) >= 11 is 0. The Balaban J connectivity index is 1.37. The Bertz CT molecular complexity index is 1150. The van der Waals surface area contributed by atoms with Gasteiger partial charge in [-0.1, -0.05) is 12.1 Å². The predicted molar refractivity (Wildman–Crippen MR) is 117 cm³/mol. The second-order valence-electron chi connectivity index (χ2n) is 8.57. The topological polar surface area (TPSA) is 180 Å². The summed E-state index contributed by atoms with van der Waals surface area (Å²) in [7, 11) is 1.73. The second kappa shape index (κ2) is 8.83. The van der Waals surface area contributed by atoms with E-state index in [1.807, 2.05) is 0 Å². The van der Waals surface area contributed by atoms with Crippen LogP contribution >= 0.6 is 0 Å². The second-order valence-corrected chi connectivity index (χ2v) is 8.57. The highest BCUT2D eigenvalue weighted by atomic mass is 16.6. The highest BCUT2D eigenvalue weighted by Crippen LogP contribution is 2.32. The van der Waals surface area contributed by atoms with Crippen molar-refractivity contribution in [3.8, 4) is 0 Å². The number of likely N-dealkylation sites (tertiary alicyclic amines) is 1. The summed E-state index contributed by atoms with van der Waals surface area (Å²) in [5.41, 5.74) is 0.107. The number of aliphatic hydroxyl groups excluding tert-OH is 2. The largest absolute Gasteiger partial charge is 0.380 e. The molecule has 1 saturated heterocycles. The Morgan fingerprint density at radius 1 is 1.24 bits per heavy atom. The number of hydrogen-bond acceptors (Lipinski definition) is 8. The van der Waals surface area contributed by atoms with Crippen LogP contribution in [0.2, 0.25) is 0 Å². The first-order chi connectivity index (χ1) is 16.1. The van der Waals surface area contributed by atoms with Gasteiger partial charge in [0.2, 0.25) is 0 Å². The monoisotopic (exact) mass is 472 g/mol. The summed E-state index contributed by atoms with van der Waals surface area (Å²) < 4.78 is 1.58. The number of amides is 3. The summed E-state index contributed by atoms with van der Waals surface area (Å²) in [6, 6.07) is 5.31. The number of para-hydroxylation sites is 2. The maximum absolute atomic E-state index is 12.7. The van der Waals surface area contributed by atoms with E-state index in [4.69, 9.17) is 0 Å². The van der Waals surface area contributed by atoms with Gasteiger partial charge in [-0.3, -0.25) is 29.2 Å². The van der Waals surface area contributed by atoms with Crippen LogP contribution in [0.5, 0.6) is 0 Å². The van der Waals surface area contributed by atoms with Crippen molar-refractivity contribution in [2.24, 2.45) is 7.05 Å². The molecule has 1 fully saturated rings. The van der Waals surface area contributed by atoms with Crippen molar-refractivity contribution < 1.29 is 29.5 Å². The number of benzene rings is 1. The van der Waals surface area contributed by atoms with Crippen LogP contribution in [0.4, 0.5) is 11.4 Å². The summed E-state index contributed by atoms with van der Waals surface area (Å²) in [5.74, 6) is -2.26. The third-order valence-electron chi connectivity index (χ3n) is 6.24. The Kier molecular flexibility index (Phi) is 6.06. The number of nitro benzene ring substituents is 1. The summed E-state index contributed by atoms with van der Waals surface area (Å²) in [6.07, 6.45) is -0.983. The fourth-order valence-electron chi connectivity index (χ4n) is 4.43. The molecule has 1 aromatic heterocycles. The average molecular weight is 472 g/mol. The van der Waals surface area contributed by atoms with Crippen LogP contribution in [0.25, 0.3) is 0 Å². The first-order valence-electron chi connectivity index (χ1n) is 10.6. The van der Waals surface area contributed by atoms with Crippen LogP contribution in [0.1, 0.15) is 28.9 Å². The van der Waals surface area contributed by atoms with Crippen molar-refractivity contribution in [1.29, 1.82) is 0 Å². The molecule has 34 heavy (non-hydrogen) atoms. The molecule has 0 aliphatic carbocycles. The van der Waals surface area contributed by atoms with Crippen LogP contribution in [-0.4, -0.2) is 78.4 Å². The smallest absolute Gasteiger partial charge is 0.292 e. The minimum atomic E-state index is -2.13. The van der Waals surface area contributed by atoms with E-state index in [-0.39, 0.29) is 24.7 Å². The van der Waals surface area contributed by atoms with Crippen molar-refractivity contribution in [3.05, 3.63) is 51.8 Å². The van der Waals surface area contributed by atoms with Crippen LogP contribution in [0, 0.1) is 10.1 Å². The van der Waals surface area contributed by atoms with Crippen LogP contribution in [-0.2, 0) is 23.1 Å². The molecule has 0 bridgehead atoms. The van der Waals surface area contributed by atoms with Crippen molar-refractivity contribution in [2.45, 2.75) is 37.0 Å². The van der Waals surface area contributed by atoms with Crippen molar-refractivity contribution in [1.82, 2.24) is 20.0 Å². The summed E-state index contributed by atoms with van der Waals surface area (Å²) in [4.78, 5) is 49.2. The summed E-state index contributed by atoms with van der Waals surface area (Å²) in [5, 5.41) is 41.0. The van der Waals surface area contributed by atoms with Crippen molar-refractivity contribution in [2.75, 3.05) is 18.4 Å². The maximum Gasteiger partial charge on any atom is 0.292 e. The number of piperidine rings is 1. The number of nitrogens with zero attached hydrogens (tertiary/aromatic N) is 4. The molecule has 13 heteroatoms. The van der Waals surface area contributed by atoms with Crippen LogP contribution in [0.3, 0.4) is 0 Å². The number of aliphatic hydroxyl groups is 2. The van der Waals surface area contributed by atoms with Gasteiger partial charge in [0.1, 0.15) is 5.69 Å². The van der Waals surface area contributed by atoms with E-state index in [2.05, 4.69) is 15.7 Å². The molecule has 4 N–H and O–H groups in total. The molecule has 2 aromatic rings. The predicted octanol–water partition coefficient (Wildman–Crippen LogP) is -0.664. The molecular formula is C21H24N6O7. The molecular weight excluding hydrogens is 448 g/mol. The molecule has 1 spiro atoms. The summed E-state index contributed by atoms with van der Waals surface area (Å²) in [6.45, 7) is 0.397. The molecule has 2 aliphatic heterocycles. The minimum absolute atomic E-state index is 0.168. The molecule has 1 aromatic carbocycles. The van der Waals surface area contributed by atoms with E-state index < -0.39 is 40.2 Å². The molecule has 0 radical (unpaired) electrons. The van der Waals surface area contributed by atoms with Gasteiger partial charge in [0, 0.05) is 43.5 Å². The molecule has 2 atom stereocenters. The van der Waals surface area contributed by atoms with Crippen molar-refractivity contribution >= 4 is 29.1 Å². The highest BCUT2D eigenvalue weighted by molar-refractivity contribution is 6.00. The van der Waals surface area contributed by atoms with E-state index in [1.165, 1.54) is 29.2 Å². The van der Waals surface area contributed by atoms with Gasteiger partial charge in [0.25, 0.3) is 23.4 Å². The molecule has 2 aliphatic rings. The lowest BCUT2D eigenvalue weighted by atomic mass is 9.79. The zero-order valence-electron chi connectivity index (χ0n) is 18.3. The normalized spacial score (nSPS) is 18.6. The van der Waals surface area contributed by atoms with E-state index in [1.54, 1.807) is 17.9 Å². The maximum atomic E-state index is 12.7. The average Bonchev–Trinajstić information content (AvgIpc) is 3.18. The number of hydrogen-bond donors (Lipinski definition) is 4. The van der Waals surface area contributed by atoms with Gasteiger partial charge in [-0.05, 0) is 25.3 Å². The Morgan fingerprint density at radius 2 is 1.91 bits per heavy atom. The van der Waals surface area contributed by atoms with Gasteiger partial charge in [0.15, 0.2) is 17.9 Å². The van der Waals surface area contributed by atoms with Gasteiger partial charge >= 0.3 is 0 Å². The molecule has 13 nitrogen and oxygen atoms in total. The van der Waals surface area contributed by atoms with E-state index in [0.29, 0.717) is 25.0 Å². The van der Waals surface area contributed by atoms with Gasteiger partial charge in [-0.25, -0.2) is 0 Å². The fourth-order valence-corrected chi connectivity index (χ4v) is 4.43. The molecule has 180 valence electrons. The van der Waals surface area contributed by atoms with E-state index >= 15 is 0 Å². The van der Waals surface area contributed by atoms with Crippen LogP contribution < -0.4 is 10.6 Å². The van der Waals surface area contributed by atoms with E-state index in [0.717, 1.165) is 5.56 Å². The van der Waals surface area contributed by atoms with Gasteiger partial charge in [0.05, 0.1) is 4.92 Å². The molecule has 0 saturated carbocycles. The Morgan fingerprint density at radius 3 is 2.59 bits per heavy atom. The third kappa shape index (κ3) is 4.34. The highest BCUT2D eigenvalue weighted by Gasteiger charge is 2.44. The van der Waals surface area contributed by atoms with Gasteiger partial charge in [-0.2, -0.15) is 5.10 Å². The molecule has 3 heterocycles. The number of aryl methyl sites for hydroxylation is 1. The first kappa shape index (κ1) is 23.3. The van der Waals surface area contributed by atoms with Gasteiger partial charge in [-0.15, -0.1) is 0 Å². The van der Waals surface area contributed by atoms with Crippen molar-refractivity contribution in [3.63, 3.8) is 0 Å². The lowest BCUT2D eigenvalue weighted by Crippen LogP contribution is -2.61. The SMILES string of the molecule is Cn1cc2c(n1)C(=O)NC1(CCN(C(=O)[C@@H](O)[C@H](O)C(=O)Nc3ccccc3[N+](=O)[O-])CC1)C2. The lowest BCUT2D eigenvalue weighted by molar-refractivity contribution is -0.383.